The molecule has 2 atom stereocenters. The van der Waals surface area contributed by atoms with Crippen LogP contribution in [0.4, 0.5) is 0 Å². The first-order valence-corrected chi connectivity index (χ1v) is 11.7. The number of piperidine rings is 1. The fourth-order valence-electron chi connectivity index (χ4n) is 4.28. The molecule has 176 valence electrons. The van der Waals surface area contributed by atoms with Crippen LogP contribution in [0.3, 0.4) is 0 Å². The SMILES string of the molecule is COCCCn1c([C@@H]2CCCN(C(=O)C[C@H](N)CNC(=O)C(C)C)C2)nc2ccccc21. The van der Waals surface area contributed by atoms with Crippen molar-refractivity contribution >= 4 is 22.8 Å². The van der Waals surface area contributed by atoms with Gasteiger partial charge in [-0.3, -0.25) is 9.59 Å². The number of carbonyl (C=O) groups excluding carboxylic acids is 2. The van der Waals surface area contributed by atoms with Crippen molar-refractivity contribution in [2.24, 2.45) is 11.7 Å². The number of nitrogens with two attached hydrogens (primary N) is 1. The van der Waals surface area contributed by atoms with Crippen LogP contribution in [0.1, 0.15) is 51.3 Å². The Morgan fingerprint density at radius 3 is 2.84 bits per heavy atom. The van der Waals surface area contributed by atoms with E-state index in [1.165, 1.54) is 0 Å². The topological polar surface area (TPSA) is 102 Å². The van der Waals surface area contributed by atoms with Crippen LogP contribution < -0.4 is 11.1 Å². The summed E-state index contributed by atoms with van der Waals surface area (Å²) >= 11 is 0. The number of likely N-dealkylation sites (tertiary alicyclic amines) is 1. The second kappa shape index (κ2) is 11.4. The molecule has 0 spiro atoms. The minimum absolute atomic E-state index is 0.0432. The number of hydrogen-bond acceptors (Lipinski definition) is 5. The quantitative estimate of drug-likeness (QED) is 0.549. The smallest absolute Gasteiger partial charge is 0.224 e. The molecule has 1 aromatic heterocycles. The zero-order valence-electron chi connectivity index (χ0n) is 19.5. The lowest BCUT2D eigenvalue weighted by Crippen LogP contribution is -2.45. The molecule has 8 heteroatoms. The summed E-state index contributed by atoms with van der Waals surface area (Å²) in [4.78, 5) is 31.5. The molecule has 1 saturated heterocycles. The summed E-state index contributed by atoms with van der Waals surface area (Å²) in [6.07, 6.45) is 3.09. The van der Waals surface area contributed by atoms with Crippen molar-refractivity contribution in [1.29, 1.82) is 0 Å². The van der Waals surface area contributed by atoms with E-state index < -0.39 is 0 Å². The standard InChI is InChI=1S/C24H37N5O3/c1-17(2)24(31)26-15-19(25)14-22(30)28-11-6-8-18(16-28)23-27-20-9-4-5-10-21(20)29(23)12-7-13-32-3/h4-5,9-10,17-19H,6-8,11-16,25H2,1-3H3,(H,26,31)/t18-,19+/m1/s1. The van der Waals surface area contributed by atoms with Crippen molar-refractivity contribution in [3.63, 3.8) is 0 Å². The maximum absolute atomic E-state index is 12.9. The van der Waals surface area contributed by atoms with Crippen LogP contribution in [0.15, 0.2) is 24.3 Å². The summed E-state index contributed by atoms with van der Waals surface area (Å²) in [5.41, 5.74) is 8.25. The number of fused-ring (bicyclic) bond motifs is 1. The molecule has 2 amide bonds. The third-order valence-corrected chi connectivity index (χ3v) is 6.05. The molecule has 1 aliphatic rings. The number of benzene rings is 1. The molecule has 2 aromatic rings. The lowest BCUT2D eigenvalue weighted by Gasteiger charge is -2.33. The zero-order valence-corrected chi connectivity index (χ0v) is 19.5. The molecule has 3 N–H and O–H groups in total. The van der Waals surface area contributed by atoms with Crippen LogP contribution in [-0.4, -0.2) is 65.7 Å². The van der Waals surface area contributed by atoms with E-state index >= 15 is 0 Å². The van der Waals surface area contributed by atoms with E-state index in [4.69, 9.17) is 15.5 Å². The molecule has 1 aromatic carbocycles. The first-order valence-electron chi connectivity index (χ1n) is 11.7. The predicted molar refractivity (Wildman–Crippen MR) is 125 cm³/mol. The van der Waals surface area contributed by atoms with Gasteiger partial charge in [0.1, 0.15) is 5.82 Å². The van der Waals surface area contributed by atoms with E-state index in [9.17, 15) is 9.59 Å². The minimum Gasteiger partial charge on any atom is -0.385 e. The summed E-state index contributed by atoms with van der Waals surface area (Å²) in [5, 5.41) is 2.81. The van der Waals surface area contributed by atoms with Crippen molar-refractivity contribution < 1.29 is 14.3 Å². The number of aromatic nitrogens is 2. The molecule has 1 aliphatic heterocycles. The maximum Gasteiger partial charge on any atom is 0.224 e. The second-order valence-electron chi connectivity index (χ2n) is 9.00. The van der Waals surface area contributed by atoms with Gasteiger partial charge in [-0.2, -0.15) is 0 Å². The molecular formula is C24H37N5O3. The van der Waals surface area contributed by atoms with E-state index in [-0.39, 0.29) is 36.1 Å². The highest BCUT2D eigenvalue weighted by Crippen LogP contribution is 2.30. The molecule has 1 fully saturated rings. The number of carbonyl (C=O) groups is 2. The lowest BCUT2D eigenvalue weighted by atomic mass is 9.96. The van der Waals surface area contributed by atoms with Crippen molar-refractivity contribution in [2.75, 3.05) is 33.4 Å². The van der Waals surface area contributed by atoms with Gasteiger partial charge in [0.05, 0.1) is 11.0 Å². The van der Waals surface area contributed by atoms with Crippen LogP contribution in [0.5, 0.6) is 0 Å². The fourth-order valence-corrected chi connectivity index (χ4v) is 4.28. The Labute approximate surface area is 190 Å². The first-order chi connectivity index (χ1) is 15.4. The Kier molecular flexibility index (Phi) is 8.64. The van der Waals surface area contributed by atoms with E-state index in [2.05, 4.69) is 16.0 Å². The maximum atomic E-state index is 12.9. The Morgan fingerprint density at radius 1 is 1.31 bits per heavy atom. The molecule has 3 rings (SSSR count). The number of ether oxygens (including phenoxy) is 1. The average Bonchev–Trinajstić information content (AvgIpc) is 3.16. The van der Waals surface area contributed by atoms with Gasteiger partial charge in [0, 0.05) is 64.2 Å². The van der Waals surface area contributed by atoms with Crippen LogP contribution in [0, 0.1) is 5.92 Å². The van der Waals surface area contributed by atoms with Gasteiger partial charge in [0.2, 0.25) is 11.8 Å². The molecule has 0 bridgehead atoms. The number of nitrogens with zero attached hydrogens (tertiary/aromatic N) is 3. The number of methoxy groups -OCH3 is 1. The van der Waals surface area contributed by atoms with E-state index in [1.807, 2.05) is 36.9 Å². The number of amides is 2. The van der Waals surface area contributed by atoms with Crippen LogP contribution in [0.25, 0.3) is 11.0 Å². The zero-order chi connectivity index (χ0) is 23.1. The van der Waals surface area contributed by atoms with Gasteiger partial charge in [0.25, 0.3) is 0 Å². The molecule has 0 saturated carbocycles. The Morgan fingerprint density at radius 2 is 2.09 bits per heavy atom. The monoisotopic (exact) mass is 443 g/mol. The fraction of sp³-hybridized carbons (Fsp3) is 0.625. The van der Waals surface area contributed by atoms with Gasteiger partial charge in [-0.15, -0.1) is 0 Å². The van der Waals surface area contributed by atoms with Gasteiger partial charge in [-0.25, -0.2) is 4.98 Å². The van der Waals surface area contributed by atoms with Gasteiger partial charge in [0.15, 0.2) is 0 Å². The summed E-state index contributed by atoms with van der Waals surface area (Å²) in [7, 11) is 1.72. The van der Waals surface area contributed by atoms with Gasteiger partial charge in [-0.05, 0) is 31.4 Å². The molecule has 2 heterocycles. The van der Waals surface area contributed by atoms with E-state index in [0.717, 1.165) is 49.2 Å². The third kappa shape index (κ3) is 6.07. The van der Waals surface area contributed by atoms with Crippen LogP contribution >= 0.6 is 0 Å². The molecule has 0 unspecified atom stereocenters. The van der Waals surface area contributed by atoms with Crippen molar-refractivity contribution in [2.45, 2.75) is 58.0 Å². The second-order valence-corrected chi connectivity index (χ2v) is 9.00. The lowest BCUT2D eigenvalue weighted by molar-refractivity contribution is -0.133. The van der Waals surface area contributed by atoms with Gasteiger partial charge < -0.3 is 25.3 Å². The molecule has 32 heavy (non-hydrogen) atoms. The van der Waals surface area contributed by atoms with Crippen molar-refractivity contribution in [3.05, 3.63) is 30.1 Å². The predicted octanol–water partition coefficient (Wildman–Crippen LogP) is 2.27. The highest BCUT2D eigenvalue weighted by Gasteiger charge is 2.29. The van der Waals surface area contributed by atoms with Gasteiger partial charge >= 0.3 is 0 Å². The van der Waals surface area contributed by atoms with Crippen LogP contribution in [0.2, 0.25) is 0 Å². The summed E-state index contributed by atoms with van der Waals surface area (Å²) in [6.45, 7) is 6.92. The van der Waals surface area contributed by atoms with Crippen molar-refractivity contribution in [1.82, 2.24) is 19.8 Å². The largest absolute Gasteiger partial charge is 0.385 e. The molecular weight excluding hydrogens is 406 g/mol. The number of hydrogen-bond donors (Lipinski definition) is 2. The molecule has 8 nitrogen and oxygen atoms in total. The Hall–Kier alpha value is -2.45. The third-order valence-electron chi connectivity index (χ3n) is 6.05. The number of imidazole rings is 1. The summed E-state index contributed by atoms with van der Waals surface area (Å²) in [5.74, 6) is 1.15. The summed E-state index contributed by atoms with van der Waals surface area (Å²) in [6, 6.07) is 7.81. The highest BCUT2D eigenvalue weighted by atomic mass is 16.5. The minimum atomic E-state index is -0.385. The average molecular weight is 444 g/mol. The van der Waals surface area contributed by atoms with Gasteiger partial charge in [-0.1, -0.05) is 26.0 Å². The Balaban J connectivity index is 1.66. The van der Waals surface area contributed by atoms with Crippen LogP contribution in [-0.2, 0) is 20.9 Å². The highest BCUT2D eigenvalue weighted by molar-refractivity contribution is 5.79. The molecule has 0 radical (unpaired) electrons. The Bertz CT molecular complexity index is 910. The number of aryl methyl sites for hydroxylation is 1. The van der Waals surface area contributed by atoms with E-state index in [1.54, 1.807) is 7.11 Å². The molecule has 0 aliphatic carbocycles. The van der Waals surface area contributed by atoms with Crippen molar-refractivity contribution in [3.8, 4) is 0 Å². The first kappa shape index (κ1) is 24.2. The summed E-state index contributed by atoms with van der Waals surface area (Å²) < 4.78 is 7.54. The number of nitrogens with one attached hydrogen (secondary N) is 1. The van der Waals surface area contributed by atoms with E-state index in [0.29, 0.717) is 19.7 Å². The normalized spacial score (nSPS) is 17.7. The number of para-hydroxylation sites is 2. The number of rotatable bonds is 10.